The van der Waals surface area contributed by atoms with E-state index < -0.39 is 17.9 Å². The highest BCUT2D eigenvalue weighted by atomic mass is 16.5. The van der Waals surface area contributed by atoms with Gasteiger partial charge in [-0.2, -0.15) is 0 Å². The molecule has 1 aromatic carbocycles. The number of dihydropyridines is 1. The number of hydrogen-bond acceptors (Lipinski definition) is 6. The van der Waals surface area contributed by atoms with Gasteiger partial charge in [-0.15, -0.1) is 0 Å². The van der Waals surface area contributed by atoms with E-state index in [1.54, 1.807) is 38.3 Å². The van der Waals surface area contributed by atoms with Crippen LogP contribution in [0.2, 0.25) is 0 Å². The summed E-state index contributed by atoms with van der Waals surface area (Å²) in [4.78, 5) is 29.9. The minimum absolute atomic E-state index is 0.107. The Hall–Kier alpha value is -3.67. The van der Waals surface area contributed by atoms with Gasteiger partial charge in [0.05, 0.1) is 29.9 Å². The summed E-state index contributed by atoms with van der Waals surface area (Å²) in [7, 11) is 1.32. The number of nitrogens with one attached hydrogen (secondary N) is 1. The fraction of sp³-hybridized carbons (Fsp3) is 0.208. The average molecular weight is 404 g/mol. The lowest BCUT2D eigenvalue weighted by Gasteiger charge is -2.29. The molecular weight excluding hydrogens is 380 g/mol. The number of methoxy groups -OCH3 is 1. The number of pyridine rings is 1. The molecule has 30 heavy (non-hydrogen) atoms. The minimum atomic E-state index is -0.675. The highest BCUT2D eigenvalue weighted by Gasteiger charge is 2.38. The molecule has 0 bridgehead atoms. The summed E-state index contributed by atoms with van der Waals surface area (Å²) >= 11 is 0. The zero-order chi connectivity index (χ0) is 21.5. The van der Waals surface area contributed by atoms with Crippen LogP contribution in [-0.4, -0.2) is 30.6 Å². The molecule has 2 aromatic rings. The third kappa shape index (κ3) is 4.66. The maximum absolute atomic E-state index is 13.0. The van der Waals surface area contributed by atoms with Gasteiger partial charge in [0.2, 0.25) is 0 Å². The number of carbonyl (C=O) groups is 2. The topological polar surface area (TPSA) is 77.5 Å². The highest BCUT2D eigenvalue weighted by molar-refractivity contribution is 5.99. The second kappa shape index (κ2) is 9.69. The number of allylic oxidation sites excluding steroid dienone is 2. The Bertz CT molecular complexity index is 1010. The summed E-state index contributed by atoms with van der Waals surface area (Å²) in [6, 6.07) is 15.1. The third-order valence-corrected chi connectivity index (χ3v) is 4.79. The number of rotatable bonds is 6. The van der Waals surface area contributed by atoms with E-state index >= 15 is 0 Å². The number of hydrogen-bond donors (Lipinski definition) is 1. The van der Waals surface area contributed by atoms with Gasteiger partial charge in [-0.05, 0) is 37.6 Å². The van der Waals surface area contributed by atoms with Crippen LogP contribution < -0.4 is 5.32 Å². The highest BCUT2D eigenvalue weighted by Crippen LogP contribution is 2.38. The maximum Gasteiger partial charge on any atom is 0.337 e. The smallest absolute Gasteiger partial charge is 0.337 e. The van der Waals surface area contributed by atoms with Crippen molar-refractivity contribution in [2.24, 2.45) is 0 Å². The minimum Gasteiger partial charge on any atom is -0.466 e. The molecule has 1 aromatic heterocycles. The van der Waals surface area contributed by atoms with E-state index in [1.807, 2.05) is 42.5 Å². The molecule has 0 saturated heterocycles. The quantitative estimate of drug-likeness (QED) is 0.739. The molecule has 2 heterocycles. The zero-order valence-electron chi connectivity index (χ0n) is 17.2. The van der Waals surface area contributed by atoms with Crippen LogP contribution in [0.1, 0.15) is 31.0 Å². The summed E-state index contributed by atoms with van der Waals surface area (Å²) < 4.78 is 10.5. The molecule has 154 valence electrons. The molecular formula is C24H24N2O4. The maximum atomic E-state index is 13.0. The Morgan fingerprint density at radius 1 is 1.00 bits per heavy atom. The van der Waals surface area contributed by atoms with Crippen LogP contribution in [0.25, 0.3) is 6.08 Å². The number of esters is 2. The van der Waals surface area contributed by atoms with Crippen LogP contribution in [0.3, 0.4) is 0 Å². The second-order valence-corrected chi connectivity index (χ2v) is 6.79. The predicted molar refractivity (Wildman–Crippen MR) is 114 cm³/mol. The molecule has 1 N–H and O–H groups in total. The zero-order valence-corrected chi connectivity index (χ0v) is 17.2. The van der Waals surface area contributed by atoms with E-state index in [2.05, 4.69) is 10.3 Å². The first-order chi connectivity index (χ1) is 14.5. The van der Waals surface area contributed by atoms with Crippen molar-refractivity contribution in [3.05, 3.63) is 94.6 Å². The summed E-state index contributed by atoms with van der Waals surface area (Å²) in [6.07, 6.45) is 5.29. The van der Waals surface area contributed by atoms with Crippen molar-refractivity contribution in [1.29, 1.82) is 0 Å². The standard InChI is InChI=1S/C24H24N2O4/c1-16-20(23(27)29-3)22(19-13-7-8-14-25-19)21(17(2)26-16)24(28)30-15-9-12-18-10-5-4-6-11-18/h4-14,22,26H,15H2,1-3H3/b12-9+. The predicted octanol–water partition coefficient (Wildman–Crippen LogP) is 3.75. The Balaban J connectivity index is 1.86. The third-order valence-electron chi connectivity index (χ3n) is 4.79. The lowest BCUT2D eigenvalue weighted by Crippen LogP contribution is -2.32. The molecule has 1 aliphatic heterocycles. The molecule has 1 aliphatic rings. The van der Waals surface area contributed by atoms with Crippen molar-refractivity contribution in [3.8, 4) is 0 Å². The van der Waals surface area contributed by atoms with Crippen molar-refractivity contribution in [3.63, 3.8) is 0 Å². The molecule has 6 heteroatoms. The second-order valence-electron chi connectivity index (χ2n) is 6.79. The first-order valence-electron chi connectivity index (χ1n) is 9.59. The van der Waals surface area contributed by atoms with Crippen molar-refractivity contribution >= 4 is 18.0 Å². The molecule has 1 unspecified atom stereocenters. The normalized spacial score (nSPS) is 16.4. The summed E-state index contributed by atoms with van der Waals surface area (Å²) in [5.41, 5.74) is 3.51. The van der Waals surface area contributed by atoms with Crippen LogP contribution in [0.4, 0.5) is 0 Å². The molecule has 0 amide bonds. The molecule has 3 rings (SSSR count). The first kappa shape index (κ1) is 21.0. The van der Waals surface area contributed by atoms with E-state index in [4.69, 9.17) is 9.47 Å². The van der Waals surface area contributed by atoms with E-state index in [0.717, 1.165) is 5.56 Å². The fourth-order valence-corrected chi connectivity index (χ4v) is 3.44. The van der Waals surface area contributed by atoms with E-state index in [9.17, 15) is 9.59 Å². The van der Waals surface area contributed by atoms with Gasteiger partial charge in [0.25, 0.3) is 0 Å². The van der Waals surface area contributed by atoms with Gasteiger partial charge >= 0.3 is 11.9 Å². The monoisotopic (exact) mass is 404 g/mol. The number of carbonyl (C=O) groups excluding carboxylic acids is 2. The van der Waals surface area contributed by atoms with Crippen LogP contribution in [-0.2, 0) is 19.1 Å². The Morgan fingerprint density at radius 2 is 1.67 bits per heavy atom. The number of ether oxygens (including phenoxy) is 2. The number of benzene rings is 1. The lowest BCUT2D eigenvalue weighted by molar-refractivity contribution is -0.138. The van der Waals surface area contributed by atoms with Gasteiger partial charge in [-0.25, -0.2) is 9.59 Å². The Morgan fingerprint density at radius 3 is 2.30 bits per heavy atom. The molecule has 0 spiro atoms. The van der Waals surface area contributed by atoms with E-state index in [1.165, 1.54) is 7.11 Å². The molecule has 0 saturated carbocycles. The van der Waals surface area contributed by atoms with Gasteiger partial charge in [0, 0.05) is 17.6 Å². The SMILES string of the molecule is COC(=O)C1=C(C)NC(C)=C(C(=O)OC/C=C/c2ccccc2)C1c1ccccn1. The number of nitrogens with zero attached hydrogens (tertiary/aromatic N) is 1. The lowest BCUT2D eigenvalue weighted by atomic mass is 9.83. The molecule has 0 aliphatic carbocycles. The van der Waals surface area contributed by atoms with Gasteiger partial charge in [0.1, 0.15) is 6.61 Å². The molecule has 1 atom stereocenters. The van der Waals surface area contributed by atoms with Gasteiger partial charge in [0.15, 0.2) is 0 Å². The van der Waals surface area contributed by atoms with Crippen molar-refractivity contribution in [2.75, 3.05) is 13.7 Å². The van der Waals surface area contributed by atoms with Crippen LogP contribution >= 0.6 is 0 Å². The van der Waals surface area contributed by atoms with Gasteiger partial charge in [-0.3, -0.25) is 4.98 Å². The average Bonchev–Trinajstić information content (AvgIpc) is 2.77. The molecule has 6 nitrogen and oxygen atoms in total. The van der Waals surface area contributed by atoms with Crippen molar-refractivity contribution < 1.29 is 19.1 Å². The van der Waals surface area contributed by atoms with Crippen molar-refractivity contribution in [1.82, 2.24) is 10.3 Å². The summed E-state index contributed by atoms with van der Waals surface area (Å²) in [6.45, 7) is 3.66. The van der Waals surface area contributed by atoms with E-state index in [-0.39, 0.29) is 6.61 Å². The van der Waals surface area contributed by atoms with E-state index in [0.29, 0.717) is 28.2 Å². The largest absolute Gasteiger partial charge is 0.466 e. The first-order valence-corrected chi connectivity index (χ1v) is 9.59. The Kier molecular flexibility index (Phi) is 6.80. The van der Waals surface area contributed by atoms with Crippen molar-refractivity contribution in [2.45, 2.75) is 19.8 Å². The summed E-state index contributed by atoms with van der Waals surface area (Å²) in [5.74, 6) is -1.70. The molecule has 0 fully saturated rings. The fourth-order valence-electron chi connectivity index (χ4n) is 3.44. The molecule has 0 radical (unpaired) electrons. The van der Waals surface area contributed by atoms with Crippen LogP contribution in [0.15, 0.2) is 83.3 Å². The van der Waals surface area contributed by atoms with Gasteiger partial charge < -0.3 is 14.8 Å². The number of aromatic nitrogens is 1. The Labute approximate surface area is 175 Å². The van der Waals surface area contributed by atoms with Crippen LogP contribution in [0, 0.1) is 0 Å². The van der Waals surface area contributed by atoms with Crippen LogP contribution in [0.5, 0.6) is 0 Å². The van der Waals surface area contributed by atoms with Gasteiger partial charge in [-0.1, -0.05) is 42.5 Å². The summed E-state index contributed by atoms with van der Waals surface area (Å²) in [5, 5.41) is 3.10.